The quantitative estimate of drug-likeness (QED) is 0.549. The number of anilines is 3. The number of nitrogens with one attached hydrogen (secondary N) is 1. The molecule has 0 saturated carbocycles. The van der Waals surface area contributed by atoms with Crippen LogP contribution in [0.15, 0.2) is 60.9 Å². The van der Waals surface area contributed by atoms with Crippen molar-refractivity contribution in [3.8, 4) is 0 Å². The summed E-state index contributed by atoms with van der Waals surface area (Å²) in [5.41, 5.74) is 5.67. The predicted molar refractivity (Wildman–Crippen MR) is 121 cm³/mol. The second-order valence-corrected chi connectivity index (χ2v) is 7.80. The smallest absolute Gasteiger partial charge is 0.340 e. The molecule has 1 aliphatic carbocycles. The number of carbonyl (C=O) groups is 1. The van der Waals surface area contributed by atoms with Gasteiger partial charge < -0.3 is 15.0 Å². The summed E-state index contributed by atoms with van der Waals surface area (Å²) >= 11 is 0. The Bertz CT molecular complexity index is 1090. The van der Waals surface area contributed by atoms with Crippen molar-refractivity contribution in [1.82, 2.24) is 4.98 Å². The van der Waals surface area contributed by atoms with Gasteiger partial charge in [-0.05, 0) is 66.8 Å². The van der Waals surface area contributed by atoms with Gasteiger partial charge in [-0.15, -0.1) is 0 Å². The Hall–Kier alpha value is -3.41. The molecular formula is C25H26FN3O2. The maximum atomic E-state index is 13.6. The van der Waals surface area contributed by atoms with Gasteiger partial charge in [0.2, 0.25) is 0 Å². The number of hydrogen-bond donors (Lipinski definition) is 1. The zero-order chi connectivity index (χ0) is 21.8. The highest BCUT2D eigenvalue weighted by Gasteiger charge is 2.22. The summed E-state index contributed by atoms with van der Waals surface area (Å²) in [5.74, 6) is -0.280. The van der Waals surface area contributed by atoms with E-state index in [4.69, 9.17) is 4.74 Å². The lowest BCUT2D eigenvalue weighted by molar-refractivity contribution is 0.0601. The maximum Gasteiger partial charge on any atom is 0.340 e. The zero-order valence-electron chi connectivity index (χ0n) is 17.8. The van der Waals surface area contributed by atoms with Crippen LogP contribution in [0.4, 0.5) is 21.5 Å². The molecule has 31 heavy (non-hydrogen) atoms. The van der Waals surface area contributed by atoms with E-state index in [0.717, 1.165) is 30.6 Å². The molecule has 0 aliphatic heterocycles. The van der Waals surface area contributed by atoms with Gasteiger partial charge in [-0.25, -0.2) is 9.18 Å². The summed E-state index contributed by atoms with van der Waals surface area (Å²) < 4.78 is 18.5. The van der Waals surface area contributed by atoms with Crippen molar-refractivity contribution in [1.29, 1.82) is 0 Å². The predicted octanol–water partition coefficient (Wildman–Crippen LogP) is 5.31. The van der Waals surface area contributed by atoms with Crippen LogP contribution in [0.3, 0.4) is 0 Å². The van der Waals surface area contributed by atoms with E-state index in [9.17, 15) is 9.18 Å². The first-order chi connectivity index (χ1) is 15.1. The summed E-state index contributed by atoms with van der Waals surface area (Å²) in [6, 6.07) is 14.8. The van der Waals surface area contributed by atoms with Crippen molar-refractivity contribution in [3.63, 3.8) is 0 Å². The summed E-state index contributed by atoms with van der Waals surface area (Å²) in [6.45, 7) is 0.710. The molecule has 5 nitrogen and oxygen atoms in total. The van der Waals surface area contributed by atoms with Crippen LogP contribution in [0, 0.1) is 5.82 Å². The molecule has 160 valence electrons. The average molecular weight is 420 g/mol. The third-order valence-electron chi connectivity index (χ3n) is 5.91. The minimum absolute atomic E-state index is 0.241. The molecule has 1 aliphatic rings. The fraction of sp³-hybridized carbons (Fsp3) is 0.280. The Kier molecular flexibility index (Phi) is 6.16. The number of esters is 1. The molecule has 1 aromatic heterocycles. The van der Waals surface area contributed by atoms with Crippen LogP contribution in [-0.4, -0.2) is 31.7 Å². The summed E-state index contributed by atoms with van der Waals surface area (Å²) in [5, 5.41) is 3.39. The molecule has 0 spiro atoms. The Morgan fingerprint density at radius 1 is 1.23 bits per heavy atom. The number of methoxy groups -OCH3 is 1. The fourth-order valence-corrected chi connectivity index (χ4v) is 4.21. The van der Waals surface area contributed by atoms with Gasteiger partial charge in [-0.1, -0.05) is 12.1 Å². The molecule has 3 aromatic rings. The van der Waals surface area contributed by atoms with Crippen LogP contribution in [0.1, 0.15) is 40.2 Å². The zero-order valence-corrected chi connectivity index (χ0v) is 17.8. The highest BCUT2D eigenvalue weighted by molar-refractivity contribution is 5.95. The van der Waals surface area contributed by atoms with Gasteiger partial charge in [-0.3, -0.25) is 4.98 Å². The number of hydrogen-bond acceptors (Lipinski definition) is 5. The summed E-state index contributed by atoms with van der Waals surface area (Å²) in [6.07, 6.45) is 6.45. The number of pyridine rings is 1. The molecule has 2 aromatic carbocycles. The minimum atomic E-state index is -0.376. The lowest BCUT2D eigenvalue weighted by atomic mass is 9.82. The van der Waals surface area contributed by atoms with Gasteiger partial charge in [0.15, 0.2) is 0 Å². The van der Waals surface area contributed by atoms with Gasteiger partial charge >= 0.3 is 5.97 Å². The first kappa shape index (κ1) is 20.8. The molecule has 6 heteroatoms. The molecule has 0 bridgehead atoms. The van der Waals surface area contributed by atoms with Crippen LogP contribution in [0.2, 0.25) is 0 Å². The SMILES string of the molecule is COC(=O)c1ccncc1NC[C@@H]1CCCc2cc(N(C)c3cccc(F)c3)ccc21. The average Bonchev–Trinajstić information content (AvgIpc) is 2.81. The van der Waals surface area contributed by atoms with Crippen LogP contribution in [0.5, 0.6) is 0 Å². The third kappa shape index (κ3) is 4.53. The number of benzene rings is 2. The van der Waals surface area contributed by atoms with Crippen molar-refractivity contribution < 1.29 is 13.9 Å². The highest BCUT2D eigenvalue weighted by Crippen LogP contribution is 2.35. The van der Waals surface area contributed by atoms with Gasteiger partial charge in [0.05, 0.1) is 24.6 Å². The normalized spacial score (nSPS) is 15.1. The Morgan fingerprint density at radius 2 is 2.06 bits per heavy atom. The molecule has 0 fully saturated rings. The van der Waals surface area contributed by atoms with E-state index in [1.54, 1.807) is 30.6 Å². The first-order valence-electron chi connectivity index (χ1n) is 10.4. The number of ether oxygens (including phenoxy) is 1. The van der Waals surface area contributed by atoms with Crippen LogP contribution < -0.4 is 10.2 Å². The van der Waals surface area contributed by atoms with E-state index in [1.165, 1.54) is 24.3 Å². The molecule has 0 saturated heterocycles. The van der Waals surface area contributed by atoms with Gasteiger partial charge in [0.1, 0.15) is 5.82 Å². The monoisotopic (exact) mass is 419 g/mol. The second-order valence-electron chi connectivity index (χ2n) is 7.80. The fourth-order valence-electron chi connectivity index (χ4n) is 4.21. The summed E-state index contributed by atoms with van der Waals surface area (Å²) in [4.78, 5) is 18.1. The second kappa shape index (κ2) is 9.16. The molecule has 0 amide bonds. The van der Waals surface area contributed by atoms with Crippen LogP contribution in [0.25, 0.3) is 0 Å². The first-order valence-corrected chi connectivity index (χ1v) is 10.4. The standard InChI is InChI=1S/C25H26FN3O2/c1-29(20-8-4-7-19(26)14-20)21-9-10-22-17(13-21)5-3-6-18(22)15-28-24-16-27-12-11-23(24)25(30)31-2/h4,7-14,16,18,28H,3,5-6,15H2,1-2H3/t18-/m0/s1. The van der Waals surface area contributed by atoms with Crippen molar-refractivity contribution >= 4 is 23.0 Å². The molecule has 0 radical (unpaired) electrons. The number of aromatic nitrogens is 1. The number of nitrogens with zero attached hydrogens (tertiary/aromatic N) is 2. The molecule has 1 heterocycles. The van der Waals surface area contributed by atoms with E-state index in [1.807, 2.05) is 18.0 Å². The Balaban J connectivity index is 1.52. The van der Waals surface area contributed by atoms with E-state index in [-0.39, 0.29) is 11.8 Å². The van der Waals surface area contributed by atoms with Crippen LogP contribution in [-0.2, 0) is 11.2 Å². The number of fused-ring (bicyclic) bond motifs is 1. The molecule has 1 atom stereocenters. The van der Waals surface area contributed by atoms with Gasteiger partial charge in [0.25, 0.3) is 0 Å². The third-order valence-corrected chi connectivity index (χ3v) is 5.91. The lowest BCUT2D eigenvalue weighted by Crippen LogP contribution is -2.20. The number of carbonyl (C=O) groups excluding carboxylic acids is 1. The van der Waals surface area contributed by atoms with Crippen molar-refractivity contribution in [2.75, 3.05) is 30.9 Å². The molecular weight excluding hydrogens is 393 g/mol. The van der Waals surface area contributed by atoms with Crippen LogP contribution >= 0.6 is 0 Å². The Labute approximate surface area is 181 Å². The van der Waals surface area contributed by atoms with E-state index in [2.05, 4.69) is 28.5 Å². The topological polar surface area (TPSA) is 54.5 Å². The lowest BCUT2D eigenvalue weighted by Gasteiger charge is -2.28. The number of rotatable bonds is 6. The van der Waals surface area contributed by atoms with E-state index >= 15 is 0 Å². The molecule has 0 unspecified atom stereocenters. The molecule has 1 N–H and O–H groups in total. The minimum Gasteiger partial charge on any atom is -0.465 e. The van der Waals surface area contributed by atoms with E-state index in [0.29, 0.717) is 23.7 Å². The van der Waals surface area contributed by atoms with Crippen molar-refractivity contribution in [3.05, 3.63) is 83.4 Å². The molecule has 4 rings (SSSR count). The highest BCUT2D eigenvalue weighted by atomic mass is 19.1. The number of aryl methyl sites for hydroxylation is 1. The van der Waals surface area contributed by atoms with E-state index < -0.39 is 0 Å². The largest absolute Gasteiger partial charge is 0.465 e. The van der Waals surface area contributed by atoms with Gasteiger partial charge in [0, 0.05) is 37.1 Å². The van der Waals surface area contributed by atoms with Crippen molar-refractivity contribution in [2.24, 2.45) is 0 Å². The van der Waals surface area contributed by atoms with Gasteiger partial charge in [-0.2, -0.15) is 0 Å². The number of halogens is 1. The maximum absolute atomic E-state index is 13.6. The Morgan fingerprint density at radius 3 is 2.87 bits per heavy atom. The summed E-state index contributed by atoms with van der Waals surface area (Å²) in [7, 11) is 3.33. The van der Waals surface area contributed by atoms with Crippen molar-refractivity contribution in [2.45, 2.75) is 25.2 Å².